The summed E-state index contributed by atoms with van der Waals surface area (Å²) in [6, 6.07) is 3.44. The fourth-order valence-corrected chi connectivity index (χ4v) is 2.83. The fourth-order valence-electron chi connectivity index (χ4n) is 2.65. The lowest BCUT2D eigenvalue weighted by Crippen LogP contribution is -2.21. The topological polar surface area (TPSA) is 42.0 Å². The van der Waals surface area contributed by atoms with E-state index in [-0.39, 0.29) is 11.8 Å². The maximum atomic E-state index is 11.9. The molecule has 1 amide bonds. The first kappa shape index (κ1) is 10.1. The molecule has 1 N–H and O–H groups in total. The third kappa shape index (κ3) is 1.92. The minimum Gasteiger partial charge on any atom is -0.326 e. The van der Waals surface area contributed by atoms with Gasteiger partial charge in [-0.05, 0) is 43.2 Å². The van der Waals surface area contributed by atoms with Crippen molar-refractivity contribution in [3.8, 4) is 0 Å². The molecule has 16 heavy (non-hydrogen) atoms. The molecule has 2 saturated carbocycles. The molecule has 1 aromatic heterocycles. The number of amides is 1. The molecule has 2 atom stereocenters. The van der Waals surface area contributed by atoms with Gasteiger partial charge in [0, 0.05) is 17.8 Å². The summed E-state index contributed by atoms with van der Waals surface area (Å²) in [7, 11) is 0. The summed E-state index contributed by atoms with van der Waals surface area (Å²) in [6.45, 7) is 0. The molecule has 0 bridgehead atoms. The van der Waals surface area contributed by atoms with Gasteiger partial charge in [0.15, 0.2) is 0 Å². The average Bonchev–Trinajstić information content (AvgIpc) is 2.86. The van der Waals surface area contributed by atoms with Gasteiger partial charge in [-0.3, -0.25) is 4.79 Å². The highest BCUT2D eigenvalue weighted by molar-refractivity contribution is 6.29. The number of hydrogen-bond acceptors (Lipinski definition) is 2. The molecule has 2 aliphatic carbocycles. The summed E-state index contributed by atoms with van der Waals surface area (Å²) >= 11 is 5.76. The normalized spacial score (nSPS) is 30.9. The van der Waals surface area contributed by atoms with Crippen LogP contribution in [0.5, 0.6) is 0 Å². The molecule has 84 valence electrons. The molecule has 2 aliphatic rings. The Hall–Kier alpha value is -1.09. The number of halogens is 1. The minimum absolute atomic E-state index is 0.134. The maximum Gasteiger partial charge on any atom is 0.227 e. The third-order valence-electron chi connectivity index (χ3n) is 3.61. The molecular formula is C12H13ClN2O. The van der Waals surface area contributed by atoms with Crippen LogP contribution in [0, 0.1) is 17.8 Å². The number of rotatable bonds is 2. The van der Waals surface area contributed by atoms with Crippen molar-refractivity contribution in [2.75, 3.05) is 5.32 Å². The van der Waals surface area contributed by atoms with Crippen molar-refractivity contribution < 1.29 is 4.79 Å². The second-order valence-electron chi connectivity index (χ2n) is 4.78. The van der Waals surface area contributed by atoms with E-state index in [0.717, 1.165) is 30.4 Å². The Bertz CT molecular complexity index is 425. The fraction of sp³-hybridized carbons (Fsp3) is 0.500. The summed E-state index contributed by atoms with van der Waals surface area (Å²) in [5.74, 6) is 2.00. The average molecular weight is 237 g/mol. The zero-order chi connectivity index (χ0) is 11.1. The highest BCUT2D eigenvalue weighted by atomic mass is 35.5. The van der Waals surface area contributed by atoms with Gasteiger partial charge in [-0.1, -0.05) is 11.6 Å². The lowest BCUT2D eigenvalue weighted by atomic mass is 10.0. The van der Waals surface area contributed by atoms with Crippen LogP contribution in [0.4, 0.5) is 5.69 Å². The van der Waals surface area contributed by atoms with Gasteiger partial charge < -0.3 is 5.32 Å². The molecule has 2 fully saturated rings. The molecule has 4 heteroatoms. The van der Waals surface area contributed by atoms with E-state index in [2.05, 4.69) is 10.3 Å². The molecular weight excluding hydrogens is 224 g/mol. The minimum atomic E-state index is 0.134. The van der Waals surface area contributed by atoms with Crippen LogP contribution in [0.3, 0.4) is 0 Å². The second kappa shape index (κ2) is 3.74. The van der Waals surface area contributed by atoms with E-state index in [1.165, 1.54) is 6.42 Å². The molecule has 3 rings (SSSR count). The third-order valence-corrected chi connectivity index (χ3v) is 3.82. The van der Waals surface area contributed by atoms with Gasteiger partial charge in [-0.2, -0.15) is 0 Å². The van der Waals surface area contributed by atoms with Gasteiger partial charge in [0.1, 0.15) is 5.15 Å². The number of nitrogens with zero attached hydrogens (tertiary/aromatic N) is 1. The molecule has 1 heterocycles. The van der Waals surface area contributed by atoms with E-state index < -0.39 is 0 Å². The Morgan fingerprint density at radius 3 is 2.81 bits per heavy atom. The molecule has 0 saturated heterocycles. The first-order valence-corrected chi connectivity index (χ1v) is 6.02. The zero-order valence-electron chi connectivity index (χ0n) is 8.82. The first-order valence-electron chi connectivity index (χ1n) is 5.65. The summed E-state index contributed by atoms with van der Waals surface area (Å²) in [4.78, 5) is 15.8. The highest BCUT2D eigenvalue weighted by Gasteiger charge is 2.47. The number of pyridine rings is 1. The van der Waals surface area contributed by atoms with Gasteiger partial charge in [0.25, 0.3) is 0 Å². The van der Waals surface area contributed by atoms with E-state index in [0.29, 0.717) is 5.15 Å². The van der Waals surface area contributed by atoms with E-state index >= 15 is 0 Å². The lowest BCUT2D eigenvalue weighted by molar-refractivity contribution is -0.120. The summed E-state index contributed by atoms with van der Waals surface area (Å²) in [5.41, 5.74) is 0.741. The summed E-state index contributed by atoms with van der Waals surface area (Å²) < 4.78 is 0. The molecule has 0 aromatic carbocycles. The van der Waals surface area contributed by atoms with Crippen molar-refractivity contribution in [3.05, 3.63) is 23.5 Å². The van der Waals surface area contributed by atoms with Crippen molar-refractivity contribution in [2.24, 2.45) is 17.8 Å². The Labute approximate surface area is 99.2 Å². The molecule has 1 aromatic rings. The predicted octanol–water partition coefficient (Wildman–Crippen LogP) is 2.72. The number of carbonyl (C=O) groups excluding carboxylic acids is 1. The second-order valence-corrected chi connectivity index (χ2v) is 5.17. The number of nitrogens with one attached hydrogen (secondary N) is 1. The number of carbonyl (C=O) groups is 1. The SMILES string of the molecule is O=C(Nc1ccnc(Cl)c1)C1CC2CC2C1. The highest BCUT2D eigenvalue weighted by Crippen LogP contribution is 2.54. The van der Waals surface area contributed by atoms with Crippen LogP contribution in [0.2, 0.25) is 5.15 Å². The van der Waals surface area contributed by atoms with E-state index in [9.17, 15) is 4.79 Å². The van der Waals surface area contributed by atoms with Crippen LogP contribution in [0.15, 0.2) is 18.3 Å². The van der Waals surface area contributed by atoms with E-state index in [4.69, 9.17) is 11.6 Å². The smallest absolute Gasteiger partial charge is 0.227 e. The van der Waals surface area contributed by atoms with E-state index in [1.807, 2.05) is 0 Å². The van der Waals surface area contributed by atoms with Crippen molar-refractivity contribution in [1.82, 2.24) is 4.98 Å². The molecule has 2 unspecified atom stereocenters. The number of hydrogen-bond donors (Lipinski definition) is 1. The van der Waals surface area contributed by atoms with Crippen LogP contribution in [0.25, 0.3) is 0 Å². The molecule has 0 radical (unpaired) electrons. The molecule has 0 aliphatic heterocycles. The summed E-state index contributed by atoms with van der Waals surface area (Å²) in [5, 5.41) is 3.31. The van der Waals surface area contributed by atoms with Crippen molar-refractivity contribution in [3.63, 3.8) is 0 Å². The van der Waals surface area contributed by atoms with Gasteiger partial charge >= 0.3 is 0 Å². The zero-order valence-corrected chi connectivity index (χ0v) is 9.57. The van der Waals surface area contributed by atoms with E-state index in [1.54, 1.807) is 18.3 Å². The van der Waals surface area contributed by atoms with Gasteiger partial charge in [-0.25, -0.2) is 4.98 Å². The largest absolute Gasteiger partial charge is 0.326 e. The van der Waals surface area contributed by atoms with Gasteiger partial charge in [0.2, 0.25) is 5.91 Å². The predicted molar refractivity (Wildman–Crippen MR) is 62.2 cm³/mol. The quantitative estimate of drug-likeness (QED) is 0.803. The van der Waals surface area contributed by atoms with Crippen LogP contribution in [-0.4, -0.2) is 10.9 Å². The number of anilines is 1. The standard InChI is InChI=1S/C12H13ClN2O/c13-11-6-10(1-2-14-11)15-12(16)9-4-7-3-8(7)5-9/h1-2,6-9H,3-5H2,(H,14,15,16). The van der Waals surface area contributed by atoms with Crippen molar-refractivity contribution in [1.29, 1.82) is 0 Å². The number of fused-ring (bicyclic) bond motifs is 1. The van der Waals surface area contributed by atoms with Crippen molar-refractivity contribution in [2.45, 2.75) is 19.3 Å². The van der Waals surface area contributed by atoms with Gasteiger partial charge in [0.05, 0.1) is 0 Å². The Morgan fingerprint density at radius 1 is 1.38 bits per heavy atom. The Balaban J connectivity index is 1.64. The van der Waals surface area contributed by atoms with Crippen molar-refractivity contribution >= 4 is 23.2 Å². The van der Waals surface area contributed by atoms with Gasteiger partial charge in [-0.15, -0.1) is 0 Å². The van der Waals surface area contributed by atoms with Crippen LogP contribution in [-0.2, 0) is 4.79 Å². The monoisotopic (exact) mass is 236 g/mol. The molecule has 0 spiro atoms. The van der Waals surface area contributed by atoms with Crippen LogP contribution >= 0.6 is 11.6 Å². The summed E-state index contributed by atoms with van der Waals surface area (Å²) in [6.07, 6.45) is 5.07. The Morgan fingerprint density at radius 2 is 2.12 bits per heavy atom. The molecule has 3 nitrogen and oxygen atoms in total. The van der Waals surface area contributed by atoms with Crippen LogP contribution < -0.4 is 5.32 Å². The Kier molecular flexibility index (Phi) is 2.36. The first-order chi connectivity index (χ1) is 7.72. The van der Waals surface area contributed by atoms with Crippen LogP contribution in [0.1, 0.15) is 19.3 Å². The lowest BCUT2D eigenvalue weighted by Gasteiger charge is -2.12. The number of aromatic nitrogens is 1. The maximum absolute atomic E-state index is 11.9.